The molecule has 1 unspecified atom stereocenters. The van der Waals surface area contributed by atoms with Gasteiger partial charge in [0, 0.05) is 30.4 Å². The van der Waals surface area contributed by atoms with E-state index in [0.29, 0.717) is 11.6 Å². The Hall–Kier alpha value is -1.55. The van der Waals surface area contributed by atoms with Gasteiger partial charge in [-0.15, -0.1) is 0 Å². The minimum absolute atomic E-state index is 0.0907. The van der Waals surface area contributed by atoms with Gasteiger partial charge >= 0.3 is 0 Å². The summed E-state index contributed by atoms with van der Waals surface area (Å²) in [7, 11) is 0. The molecule has 4 N–H and O–H groups in total. The number of anilines is 1. The third-order valence-electron chi connectivity index (χ3n) is 4.06. The summed E-state index contributed by atoms with van der Waals surface area (Å²) < 4.78 is 0. The van der Waals surface area contributed by atoms with Crippen LogP contribution < -0.4 is 11.5 Å². The van der Waals surface area contributed by atoms with Gasteiger partial charge in [0.05, 0.1) is 0 Å². The molecule has 0 spiro atoms. The number of hydrogen-bond acceptors (Lipinski definition) is 3. The van der Waals surface area contributed by atoms with Crippen LogP contribution in [0.1, 0.15) is 35.7 Å². The van der Waals surface area contributed by atoms with Gasteiger partial charge in [-0.25, -0.2) is 0 Å². The van der Waals surface area contributed by atoms with Gasteiger partial charge in [-0.3, -0.25) is 4.79 Å². The van der Waals surface area contributed by atoms with Crippen molar-refractivity contribution < 1.29 is 4.79 Å². The molecule has 0 aromatic heterocycles. The van der Waals surface area contributed by atoms with Crippen molar-refractivity contribution in [2.24, 2.45) is 11.7 Å². The van der Waals surface area contributed by atoms with Crippen LogP contribution in [0.2, 0.25) is 0 Å². The Morgan fingerprint density at radius 3 is 2.58 bits per heavy atom. The summed E-state index contributed by atoms with van der Waals surface area (Å²) >= 11 is 0. The molecule has 1 aromatic rings. The lowest BCUT2D eigenvalue weighted by molar-refractivity contribution is 0.0680. The van der Waals surface area contributed by atoms with Gasteiger partial charge in [-0.2, -0.15) is 0 Å². The number of nitrogens with two attached hydrogens (primary N) is 2. The lowest BCUT2D eigenvalue weighted by Gasteiger charge is -2.34. The maximum absolute atomic E-state index is 12.5. The topological polar surface area (TPSA) is 72.4 Å². The van der Waals surface area contributed by atoms with E-state index in [1.54, 1.807) is 6.07 Å². The van der Waals surface area contributed by atoms with E-state index in [-0.39, 0.29) is 11.9 Å². The summed E-state index contributed by atoms with van der Waals surface area (Å²) in [6.45, 7) is 5.57. The molecule has 2 rings (SSSR count). The van der Waals surface area contributed by atoms with Crippen molar-refractivity contribution in [2.75, 3.05) is 18.8 Å². The highest BCUT2D eigenvalue weighted by Gasteiger charge is 2.26. The molecule has 1 aliphatic rings. The van der Waals surface area contributed by atoms with E-state index in [9.17, 15) is 4.79 Å². The third-order valence-corrected chi connectivity index (χ3v) is 4.06. The number of piperidine rings is 1. The molecule has 1 aromatic carbocycles. The molecule has 0 aliphatic carbocycles. The lowest BCUT2D eigenvalue weighted by Crippen LogP contribution is -2.42. The van der Waals surface area contributed by atoms with Gasteiger partial charge in [-0.1, -0.05) is 6.07 Å². The maximum atomic E-state index is 12.5. The number of benzene rings is 1. The minimum Gasteiger partial charge on any atom is -0.399 e. The van der Waals surface area contributed by atoms with Gasteiger partial charge in [-0.05, 0) is 50.3 Å². The number of carbonyl (C=O) groups excluding carboxylic acids is 1. The number of carbonyl (C=O) groups is 1. The van der Waals surface area contributed by atoms with Crippen molar-refractivity contribution in [3.05, 3.63) is 29.3 Å². The quantitative estimate of drug-likeness (QED) is 0.797. The van der Waals surface area contributed by atoms with Crippen molar-refractivity contribution in [3.8, 4) is 0 Å². The number of aryl methyl sites for hydroxylation is 1. The molecule has 0 saturated carbocycles. The van der Waals surface area contributed by atoms with Gasteiger partial charge in [0.1, 0.15) is 0 Å². The normalized spacial score (nSPS) is 18.4. The van der Waals surface area contributed by atoms with Crippen LogP contribution in [0, 0.1) is 12.8 Å². The minimum atomic E-state index is 0.0907. The van der Waals surface area contributed by atoms with E-state index in [1.807, 2.05) is 30.9 Å². The van der Waals surface area contributed by atoms with E-state index in [0.717, 1.165) is 37.1 Å². The molecule has 1 atom stereocenters. The second-order valence-electron chi connectivity index (χ2n) is 5.56. The molecule has 0 bridgehead atoms. The Morgan fingerprint density at radius 2 is 2.00 bits per heavy atom. The van der Waals surface area contributed by atoms with Gasteiger partial charge in [0.15, 0.2) is 0 Å². The Bertz CT molecular complexity index is 462. The smallest absolute Gasteiger partial charge is 0.254 e. The highest BCUT2D eigenvalue weighted by molar-refractivity contribution is 5.96. The largest absolute Gasteiger partial charge is 0.399 e. The number of likely N-dealkylation sites (tertiary alicyclic amines) is 1. The van der Waals surface area contributed by atoms with Gasteiger partial charge < -0.3 is 16.4 Å². The lowest BCUT2D eigenvalue weighted by atomic mass is 9.90. The number of hydrogen-bond donors (Lipinski definition) is 2. The average Bonchev–Trinajstić information content (AvgIpc) is 2.41. The third kappa shape index (κ3) is 3.07. The fourth-order valence-corrected chi connectivity index (χ4v) is 2.67. The Labute approximate surface area is 114 Å². The van der Waals surface area contributed by atoms with E-state index in [2.05, 4.69) is 0 Å². The summed E-state index contributed by atoms with van der Waals surface area (Å²) in [5.41, 5.74) is 14.0. The number of nitrogens with zero attached hydrogens (tertiary/aromatic N) is 1. The van der Waals surface area contributed by atoms with Crippen LogP contribution >= 0.6 is 0 Å². The van der Waals surface area contributed by atoms with Crippen molar-refractivity contribution >= 4 is 11.6 Å². The zero-order valence-corrected chi connectivity index (χ0v) is 11.7. The second-order valence-corrected chi connectivity index (χ2v) is 5.56. The predicted octanol–water partition coefficient (Wildman–Crippen LogP) is 1.78. The Balaban J connectivity index is 2.07. The SMILES string of the molecule is Cc1ccc(N)cc1C(=O)N1CCC(C(C)N)CC1. The summed E-state index contributed by atoms with van der Waals surface area (Å²) in [6.07, 6.45) is 1.98. The van der Waals surface area contributed by atoms with Gasteiger partial charge in [0.2, 0.25) is 0 Å². The van der Waals surface area contributed by atoms with Crippen LogP contribution in [0.5, 0.6) is 0 Å². The summed E-state index contributed by atoms with van der Waals surface area (Å²) in [4.78, 5) is 14.4. The molecule has 1 saturated heterocycles. The molecule has 1 heterocycles. The molecule has 4 heteroatoms. The molecular weight excluding hydrogens is 238 g/mol. The highest BCUT2D eigenvalue weighted by atomic mass is 16.2. The average molecular weight is 261 g/mol. The van der Waals surface area contributed by atoms with Crippen LogP contribution in [0.3, 0.4) is 0 Å². The maximum Gasteiger partial charge on any atom is 0.254 e. The molecule has 1 amide bonds. The van der Waals surface area contributed by atoms with Crippen molar-refractivity contribution in [1.29, 1.82) is 0 Å². The Morgan fingerprint density at radius 1 is 1.37 bits per heavy atom. The van der Waals surface area contributed by atoms with Crippen LogP contribution in [0.25, 0.3) is 0 Å². The number of rotatable bonds is 2. The molecule has 104 valence electrons. The molecular formula is C15H23N3O. The van der Waals surface area contributed by atoms with E-state index >= 15 is 0 Å². The highest BCUT2D eigenvalue weighted by Crippen LogP contribution is 2.22. The van der Waals surface area contributed by atoms with Crippen molar-refractivity contribution in [2.45, 2.75) is 32.7 Å². The van der Waals surface area contributed by atoms with Crippen LogP contribution in [-0.4, -0.2) is 29.9 Å². The summed E-state index contributed by atoms with van der Waals surface area (Å²) in [6, 6.07) is 5.72. The first-order valence-corrected chi connectivity index (χ1v) is 6.90. The zero-order chi connectivity index (χ0) is 14.0. The van der Waals surface area contributed by atoms with Crippen LogP contribution in [0.4, 0.5) is 5.69 Å². The fourth-order valence-electron chi connectivity index (χ4n) is 2.67. The standard InChI is InChI=1S/C15H23N3O/c1-10-3-4-13(17)9-14(10)15(19)18-7-5-12(6-8-18)11(2)16/h3-4,9,11-12H,5-8,16-17H2,1-2H3. The Kier molecular flexibility index (Phi) is 4.10. The van der Waals surface area contributed by atoms with Crippen molar-refractivity contribution in [3.63, 3.8) is 0 Å². The second kappa shape index (κ2) is 5.61. The molecule has 1 fully saturated rings. The van der Waals surface area contributed by atoms with Gasteiger partial charge in [0.25, 0.3) is 5.91 Å². The van der Waals surface area contributed by atoms with Crippen molar-refractivity contribution in [1.82, 2.24) is 4.90 Å². The molecule has 19 heavy (non-hydrogen) atoms. The number of amides is 1. The zero-order valence-electron chi connectivity index (χ0n) is 11.7. The number of nitrogen functional groups attached to an aromatic ring is 1. The molecule has 4 nitrogen and oxygen atoms in total. The fraction of sp³-hybridized carbons (Fsp3) is 0.533. The molecule has 0 radical (unpaired) electrons. The molecule has 1 aliphatic heterocycles. The van der Waals surface area contributed by atoms with E-state index < -0.39 is 0 Å². The van der Waals surface area contributed by atoms with Crippen LogP contribution in [0.15, 0.2) is 18.2 Å². The summed E-state index contributed by atoms with van der Waals surface area (Å²) in [5, 5.41) is 0. The van der Waals surface area contributed by atoms with E-state index in [1.165, 1.54) is 0 Å². The van der Waals surface area contributed by atoms with Crippen LogP contribution in [-0.2, 0) is 0 Å². The monoisotopic (exact) mass is 261 g/mol. The van der Waals surface area contributed by atoms with E-state index in [4.69, 9.17) is 11.5 Å². The first-order chi connectivity index (χ1) is 8.99. The summed E-state index contributed by atoms with van der Waals surface area (Å²) in [5.74, 6) is 0.624. The first-order valence-electron chi connectivity index (χ1n) is 6.90. The predicted molar refractivity (Wildman–Crippen MR) is 77.9 cm³/mol. The first kappa shape index (κ1) is 13.9.